The average Bonchev–Trinajstić information content (AvgIpc) is 2.63. The maximum Gasteiger partial charge on any atom is 0.306 e. The van der Waals surface area contributed by atoms with E-state index in [-0.39, 0.29) is 6.42 Å². The van der Waals surface area contributed by atoms with Gasteiger partial charge >= 0.3 is 5.97 Å². The molecule has 1 aromatic heterocycles. The van der Waals surface area contributed by atoms with Crippen molar-refractivity contribution in [3.63, 3.8) is 0 Å². The van der Waals surface area contributed by atoms with Crippen molar-refractivity contribution in [3.05, 3.63) is 46.8 Å². The highest BCUT2D eigenvalue weighted by atomic mass is 32.2. The summed E-state index contributed by atoms with van der Waals surface area (Å²) in [7, 11) is 0. The number of thioether (sulfide) groups is 1. The van der Waals surface area contributed by atoms with Gasteiger partial charge in [-0.3, -0.25) is 9.59 Å². The van der Waals surface area contributed by atoms with Crippen molar-refractivity contribution in [2.24, 2.45) is 0 Å². The third-order valence-corrected chi connectivity index (χ3v) is 4.60. The van der Waals surface area contributed by atoms with Gasteiger partial charge in [-0.25, -0.2) is 18.7 Å². The molecule has 0 radical (unpaired) electrons. The Morgan fingerprint density at radius 2 is 1.75 bits per heavy atom. The molecule has 0 spiro atoms. The molecule has 2 rings (SSSR count). The number of hydrogen-bond donors (Lipinski definition) is 1. The molecule has 0 aliphatic carbocycles. The molecule has 1 heterocycles. The molecule has 150 valence electrons. The smallest absolute Gasteiger partial charge is 0.306 e. The Balaban J connectivity index is 1.93. The van der Waals surface area contributed by atoms with Gasteiger partial charge in [0.25, 0.3) is 5.91 Å². The first-order valence-electron chi connectivity index (χ1n) is 8.55. The van der Waals surface area contributed by atoms with E-state index in [9.17, 15) is 18.4 Å². The Morgan fingerprint density at radius 3 is 2.29 bits per heavy atom. The van der Waals surface area contributed by atoms with E-state index in [0.29, 0.717) is 11.6 Å². The van der Waals surface area contributed by atoms with Crippen molar-refractivity contribution in [1.82, 2.24) is 9.97 Å². The summed E-state index contributed by atoms with van der Waals surface area (Å²) in [5.74, 6) is -3.25. The molecule has 1 unspecified atom stereocenters. The van der Waals surface area contributed by atoms with Gasteiger partial charge in [-0.15, -0.1) is 0 Å². The van der Waals surface area contributed by atoms with E-state index in [1.165, 1.54) is 24.8 Å². The lowest BCUT2D eigenvalue weighted by Crippen LogP contribution is -2.30. The van der Waals surface area contributed by atoms with Crippen molar-refractivity contribution >= 4 is 29.3 Å². The van der Waals surface area contributed by atoms with E-state index in [4.69, 9.17) is 4.74 Å². The van der Waals surface area contributed by atoms with E-state index in [1.807, 2.05) is 20.1 Å². The fourth-order valence-electron chi connectivity index (χ4n) is 2.54. The maximum absolute atomic E-state index is 13.6. The van der Waals surface area contributed by atoms with E-state index in [1.54, 1.807) is 0 Å². The number of rotatable bonds is 7. The summed E-state index contributed by atoms with van der Waals surface area (Å²) in [5.41, 5.74) is 1.84. The number of para-hydroxylation sites is 1. The molecule has 1 amide bonds. The minimum atomic E-state index is -1.20. The first kappa shape index (κ1) is 21.7. The number of nitrogens with one attached hydrogen (secondary N) is 1. The summed E-state index contributed by atoms with van der Waals surface area (Å²) in [4.78, 5) is 32.8. The second-order valence-electron chi connectivity index (χ2n) is 6.08. The lowest BCUT2D eigenvalue weighted by atomic mass is 10.1. The highest BCUT2D eigenvalue weighted by Crippen LogP contribution is 2.19. The number of anilines is 1. The zero-order chi connectivity index (χ0) is 20.8. The third kappa shape index (κ3) is 5.48. The highest BCUT2D eigenvalue weighted by Gasteiger charge is 2.21. The van der Waals surface area contributed by atoms with E-state index >= 15 is 0 Å². The summed E-state index contributed by atoms with van der Waals surface area (Å²) >= 11 is 1.43. The van der Waals surface area contributed by atoms with Gasteiger partial charge in [0.15, 0.2) is 11.3 Å². The lowest BCUT2D eigenvalue weighted by Gasteiger charge is -2.15. The first-order valence-corrected chi connectivity index (χ1v) is 9.77. The van der Waals surface area contributed by atoms with Crippen LogP contribution in [-0.4, -0.2) is 34.2 Å². The topological polar surface area (TPSA) is 81.2 Å². The van der Waals surface area contributed by atoms with Crippen molar-refractivity contribution < 1.29 is 23.1 Å². The van der Waals surface area contributed by atoms with Gasteiger partial charge in [-0.1, -0.05) is 17.8 Å². The molecule has 6 nitrogen and oxygen atoms in total. The maximum atomic E-state index is 13.6. The molecule has 0 aliphatic rings. The number of esters is 1. The predicted octanol–water partition coefficient (Wildman–Crippen LogP) is 3.60. The van der Waals surface area contributed by atoms with Crippen molar-refractivity contribution in [2.75, 3.05) is 11.6 Å². The van der Waals surface area contributed by atoms with E-state index in [0.717, 1.165) is 29.1 Å². The Kier molecular flexibility index (Phi) is 7.45. The minimum Gasteiger partial charge on any atom is -0.453 e. The number of aromatic nitrogens is 2. The lowest BCUT2D eigenvalue weighted by molar-refractivity contribution is -0.153. The normalized spacial score (nSPS) is 11.8. The number of ether oxygens (including phenoxy) is 1. The Morgan fingerprint density at radius 1 is 1.18 bits per heavy atom. The molecule has 1 aromatic carbocycles. The largest absolute Gasteiger partial charge is 0.453 e. The van der Waals surface area contributed by atoms with Gasteiger partial charge in [0.1, 0.15) is 17.3 Å². The molecule has 0 bridgehead atoms. The van der Waals surface area contributed by atoms with Crippen LogP contribution in [0, 0.1) is 25.5 Å². The standard InChI is InChI=1S/C19H21F2N3O3S/c1-10-13(11(2)23-19(22-10)28-4)8-9-16(25)27-12(3)18(26)24-17-14(20)6-5-7-15(17)21/h5-7,12H,8-9H2,1-4H3,(H,24,26). The van der Waals surface area contributed by atoms with Crippen LogP contribution in [0.2, 0.25) is 0 Å². The molecule has 28 heavy (non-hydrogen) atoms. The van der Waals surface area contributed by atoms with Crippen LogP contribution in [0.1, 0.15) is 30.3 Å². The van der Waals surface area contributed by atoms with Gasteiger partial charge in [-0.05, 0) is 51.1 Å². The zero-order valence-corrected chi connectivity index (χ0v) is 16.8. The number of benzene rings is 1. The van der Waals surface area contributed by atoms with Crippen molar-refractivity contribution in [1.29, 1.82) is 0 Å². The number of aryl methyl sites for hydroxylation is 2. The summed E-state index contributed by atoms with van der Waals surface area (Å²) < 4.78 is 32.3. The molecular weight excluding hydrogens is 388 g/mol. The number of nitrogens with zero attached hydrogens (tertiary/aromatic N) is 2. The first-order chi connectivity index (χ1) is 13.2. The van der Waals surface area contributed by atoms with Crippen LogP contribution in [0.4, 0.5) is 14.5 Å². The quantitative estimate of drug-likeness (QED) is 0.428. The van der Waals surface area contributed by atoms with Gasteiger partial charge in [0.05, 0.1) is 0 Å². The Hall–Kier alpha value is -2.55. The molecule has 1 N–H and O–H groups in total. The predicted molar refractivity (Wildman–Crippen MR) is 102 cm³/mol. The summed E-state index contributed by atoms with van der Waals surface area (Å²) in [6.45, 7) is 5.01. The Labute approximate surface area is 166 Å². The van der Waals surface area contributed by atoms with E-state index < -0.39 is 35.3 Å². The molecule has 9 heteroatoms. The number of amides is 1. The van der Waals surface area contributed by atoms with Crippen LogP contribution in [0.3, 0.4) is 0 Å². The highest BCUT2D eigenvalue weighted by molar-refractivity contribution is 7.98. The molecule has 1 atom stereocenters. The van der Waals surface area contributed by atoms with Gasteiger partial charge in [-0.2, -0.15) is 0 Å². The van der Waals surface area contributed by atoms with Crippen LogP contribution >= 0.6 is 11.8 Å². The number of carbonyl (C=O) groups is 2. The van der Waals surface area contributed by atoms with E-state index in [2.05, 4.69) is 15.3 Å². The summed E-state index contributed by atoms with van der Waals surface area (Å²) in [6.07, 6.45) is 1.06. The minimum absolute atomic E-state index is 0.0231. The Bertz CT molecular complexity index is 849. The fourth-order valence-corrected chi connectivity index (χ4v) is 3.00. The van der Waals surface area contributed by atoms with Crippen LogP contribution in [0.15, 0.2) is 23.4 Å². The third-order valence-electron chi connectivity index (χ3n) is 4.05. The van der Waals surface area contributed by atoms with Gasteiger partial charge < -0.3 is 10.1 Å². The molecule has 0 saturated carbocycles. The average molecular weight is 409 g/mol. The fraction of sp³-hybridized carbons (Fsp3) is 0.368. The van der Waals surface area contributed by atoms with Crippen LogP contribution < -0.4 is 5.32 Å². The van der Waals surface area contributed by atoms with Crippen molar-refractivity contribution in [3.8, 4) is 0 Å². The number of halogens is 2. The molecule has 0 fully saturated rings. The summed E-state index contributed by atoms with van der Waals surface area (Å²) in [6, 6.07) is 3.22. The SMILES string of the molecule is CSc1nc(C)c(CCC(=O)OC(C)C(=O)Nc2c(F)cccc2F)c(C)n1. The molecular formula is C19H21F2N3O3S. The molecule has 0 aliphatic heterocycles. The molecule has 2 aromatic rings. The van der Waals surface area contributed by atoms with Crippen molar-refractivity contribution in [2.45, 2.75) is 44.9 Å². The van der Waals surface area contributed by atoms with Gasteiger partial charge in [0, 0.05) is 17.8 Å². The van der Waals surface area contributed by atoms with Gasteiger partial charge in [0.2, 0.25) is 0 Å². The van der Waals surface area contributed by atoms with Crippen LogP contribution in [-0.2, 0) is 20.7 Å². The molecule has 0 saturated heterocycles. The number of hydrogen-bond acceptors (Lipinski definition) is 6. The summed E-state index contributed by atoms with van der Waals surface area (Å²) in [5, 5.41) is 2.76. The second kappa shape index (κ2) is 9.59. The monoisotopic (exact) mass is 409 g/mol. The van der Waals surface area contributed by atoms with Crippen LogP contribution in [0.25, 0.3) is 0 Å². The second-order valence-corrected chi connectivity index (χ2v) is 6.85. The zero-order valence-electron chi connectivity index (χ0n) is 16.0. The van der Waals surface area contributed by atoms with Crippen LogP contribution in [0.5, 0.6) is 0 Å². The number of carbonyl (C=O) groups excluding carboxylic acids is 2.